The third kappa shape index (κ3) is 3.98. The third-order valence-electron chi connectivity index (χ3n) is 4.06. The van der Waals surface area contributed by atoms with Gasteiger partial charge in [0.2, 0.25) is 11.9 Å². The van der Waals surface area contributed by atoms with E-state index in [9.17, 15) is 4.79 Å². The summed E-state index contributed by atoms with van der Waals surface area (Å²) in [6.07, 6.45) is 4.99. The van der Waals surface area contributed by atoms with Crippen molar-refractivity contribution in [2.45, 2.75) is 13.0 Å². The summed E-state index contributed by atoms with van der Waals surface area (Å²) in [4.78, 5) is 29.3. The molecule has 1 fully saturated rings. The van der Waals surface area contributed by atoms with Crippen LogP contribution in [0.5, 0.6) is 0 Å². The first-order valence-corrected chi connectivity index (χ1v) is 8.20. The maximum Gasteiger partial charge on any atom is 0.242 e. The van der Waals surface area contributed by atoms with E-state index in [0.717, 1.165) is 32.1 Å². The molecule has 0 unspecified atom stereocenters. The second-order valence-corrected chi connectivity index (χ2v) is 6.04. The van der Waals surface area contributed by atoms with E-state index in [1.807, 2.05) is 6.92 Å². The number of nitrogens with zero attached hydrogens (tertiary/aromatic N) is 5. The summed E-state index contributed by atoms with van der Waals surface area (Å²) in [5.41, 5.74) is 0. The van der Waals surface area contributed by atoms with Crippen LogP contribution in [0.15, 0.2) is 36.8 Å². The number of anilines is 2. The normalized spacial score (nSPS) is 16.7. The molecule has 1 atom stereocenters. The van der Waals surface area contributed by atoms with Crippen LogP contribution in [0.1, 0.15) is 6.92 Å². The van der Waals surface area contributed by atoms with Gasteiger partial charge in [-0.3, -0.25) is 9.69 Å². The highest BCUT2D eigenvalue weighted by Crippen LogP contribution is 2.14. The fraction of sp³-hybridized carbons (Fsp3) is 0.375. The molecule has 0 aliphatic carbocycles. The van der Waals surface area contributed by atoms with Crippen molar-refractivity contribution in [2.75, 3.05) is 36.4 Å². The molecule has 24 heavy (non-hydrogen) atoms. The summed E-state index contributed by atoms with van der Waals surface area (Å²) in [5.74, 6) is 1.17. The molecule has 3 heterocycles. The molecule has 0 aromatic carbocycles. The maximum atomic E-state index is 12.4. The van der Waals surface area contributed by atoms with E-state index in [1.54, 1.807) is 30.6 Å². The monoisotopic (exact) mass is 346 g/mol. The molecule has 2 aromatic heterocycles. The lowest BCUT2D eigenvalue weighted by Crippen LogP contribution is -2.53. The first kappa shape index (κ1) is 16.6. The van der Waals surface area contributed by atoms with Crippen molar-refractivity contribution in [2.24, 2.45) is 0 Å². The number of hydrogen-bond donors (Lipinski definition) is 1. The van der Waals surface area contributed by atoms with Gasteiger partial charge < -0.3 is 10.2 Å². The molecule has 0 bridgehead atoms. The predicted molar refractivity (Wildman–Crippen MR) is 93.2 cm³/mol. The molecule has 0 spiro atoms. The zero-order valence-corrected chi connectivity index (χ0v) is 14.1. The number of halogens is 1. The fourth-order valence-electron chi connectivity index (χ4n) is 2.61. The molecule has 1 amide bonds. The van der Waals surface area contributed by atoms with E-state index >= 15 is 0 Å². The lowest BCUT2D eigenvalue weighted by molar-refractivity contribution is -0.120. The maximum absolute atomic E-state index is 12.4. The molecule has 1 aliphatic rings. The Hall–Kier alpha value is -2.25. The minimum absolute atomic E-state index is 0.0748. The number of hydrogen-bond acceptors (Lipinski definition) is 6. The van der Waals surface area contributed by atoms with Gasteiger partial charge in [-0.05, 0) is 25.1 Å². The topological polar surface area (TPSA) is 74.2 Å². The third-order valence-corrected chi connectivity index (χ3v) is 4.28. The van der Waals surface area contributed by atoms with Crippen LogP contribution in [-0.2, 0) is 4.79 Å². The number of amides is 1. The quantitative estimate of drug-likeness (QED) is 0.907. The van der Waals surface area contributed by atoms with Gasteiger partial charge in [-0.2, -0.15) is 0 Å². The van der Waals surface area contributed by atoms with Crippen molar-refractivity contribution < 1.29 is 4.79 Å². The number of carbonyl (C=O) groups is 1. The first-order valence-electron chi connectivity index (χ1n) is 7.82. The standard InChI is InChI=1S/C16H19ClN6O/c1-12(15(24)21-14-4-3-13(17)11-20-14)22-7-9-23(10-8-22)16-18-5-2-6-19-16/h2-6,11-12H,7-10H2,1H3,(H,20,21,24)/t12-/m1/s1. The second kappa shape index (κ2) is 7.55. The number of aromatic nitrogens is 3. The Morgan fingerprint density at radius 1 is 1.17 bits per heavy atom. The number of piperazine rings is 1. The fourth-order valence-corrected chi connectivity index (χ4v) is 2.72. The van der Waals surface area contributed by atoms with Gasteiger partial charge in [0.05, 0.1) is 11.1 Å². The van der Waals surface area contributed by atoms with E-state index in [2.05, 4.69) is 30.1 Å². The zero-order valence-electron chi connectivity index (χ0n) is 13.4. The smallest absolute Gasteiger partial charge is 0.242 e. The Balaban J connectivity index is 1.53. The minimum Gasteiger partial charge on any atom is -0.338 e. The van der Waals surface area contributed by atoms with E-state index in [0.29, 0.717) is 10.8 Å². The van der Waals surface area contributed by atoms with E-state index in [1.165, 1.54) is 6.20 Å². The number of pyridine rings is 1. The van der Waals surface area contributed by atoms with Crippen LogP contribution in [-0.4, -0.2) is 58.0 Å². The molecule has 1 saturated heterocycles. The van der Waals surface area contributed by atoms with Crippen LogP contribution >= 0.6 is 11.6 Å². The van der Waals surface area contributed by atoms with E-state index in [4.69, 9.17) is 11.6 Å². The van der Waals surface area contributed by atoms with Gasteiger partial charge in [0, 0.05) is 44.8 Å². The summed E-state index contributed by atoms with van der Waals surface area (Å²) in [6, 6.07) is 4.96. The zero-order chi connectivity index (χ0) is 16.9. The Morgan fingerprint density at radius 3 is 2.50 bits per heavy atom. The molecule has 1 N–H and O–H groups in total. The summed E-state index contributed by atoms with van der Waals surface area (Å²) in [7, 11) is 0. The highest BCUT2D eigenvalue weighted by atomic mass is 35.5. The SMILES string of the molecule is C[C@H](C(=O)Nc1ccc(Cl)cn1)N1CCN(c2ncccn2)CC1. The van der Waals surface area contributed by atoms with Crippen molar-refractivity contribution in [3.05, 3.63) is 41.8 Å². The van der Waals surface area contributed by atoms with Crippen molar-refractivity contribution in [3.8, 4) is 0 Å². The predicted octanol–water partition coefficient (Wildman–Crippen LogP) is 1.67. The lowest BCUT2D eigenvalue weighted by atomic mass is 10.2. The van der Waals surface area contributed by atoms with Gasteiger partial charge in [-0.1, -0.05) is 11.6 Å². The molecular weight excluding hydrogens is 328 g/mol. The van der Waals surface area contributed by atoms with Crippen molar-refractivity contribution in [3.63, 3.8) is 0 Å². The van der Waals surface area contributed by atoms with Gasteiger partial charge >= 0.3 is 0 Å². The molecular formula is C16H19ClN6O. The second-order valence-electron chi connectivity index (χ2n) is 5.60. The average molecular weight is 347 g/mol. The number of carbonyl (C=O) groups excluding carboxylic acids is 1. The largest absolute Gasteiger partial charge is 0.338 e. The summed E-state index contributed by atoms with van der Waals surface area (Å²) in [5, 5.41) is 3.36. The number of nitrogens with one attached hydrogen (secondary N) is 1. The molecule has 0 saturated carbocycles. The van der Waals surface area contributed by atoms with Crippen LogP contribution in [0.2, 0.25) is 5.02 Å². The van der Waals surface area contributed by atoms with Gasteiger partial charge in [-0.25, -0.2) is 15.0 Å². The van der Waals surface area contributed by atoms with Gasteiger partial charge in [0.1, 0.15) is 5.82 Å². The molecule has 0 radical (unpaired) electrons. The lowest BCUT2D eigenvalue weighted by Gasteiger charge is -2.37. The molecule has 3 rings (SSSR count). The molecule has 126 valence electrons. The highest BCUT2D eigenvalue weighted by molar-refractivity contribution is 6.30. The first-order chi connectivity index (χ1) is 11.6. The Morgan fingerprint density at radius 2 is 1.88 bits per heavy atom. The van der Waals surface area contributed by atoms with Crippen molar-refractivity contribution in [1.29, 1.82) is 0 Å². The van der Waals surface area contributed by atoms with Gasteiger partial charge in [-0.15, -0.1) is 0 Å². The highest BCUT2D eigenvalue weighted by Gasteiger charge is 2.26. The summed E-state index contributed by atoms with van der Waals surface area (Å²) < 4.78 is 0. The molecule has 8 heteroatoms. The van der Waals surface area contributed by atoms with Crippen LogP contribution in [0.25, 0.3) is 0 Å². The van der Waals surface area contributed by atoms with E-state index in [-0.39, 0.29) is 11.9 Å². The van der Waals surface area contributed by atoms with E-state index < -0.39 is 0 Å². The van der Waals surface area contributed by atoms with Crippen molar-refractivity contribution >= 4 is 29.3 Å². The van der Waals surface area contributed by atoms with Gasteiger partial charge in [0.15, 0.2) is 0 Å². The van der Waals surface area contributed by atoms with Crippen LogP contribution in [0.4, 0.5) is 11.8 Å². The van der Waals surface area contributed by atoms with Crippen LogP contribution in [0.3, 0.4) is 0 Å². The molecule has 7 nitrogen and oxygen atoms in total. The van der Waals surface area contributed by atoms with Crippen LogP contribution < -0.4 is 10.2 Å². The average Bonchev–Trinajstić information content (AvgIpc) is 2.64. The minimum atomic E-state index is -0.235. The van der Waals surface area contributed by atoms with Gasteiger partial charge in [0.25, 0.3) is 0 Å². The Labute approximate surface area is 145 Å². The molecule has 2 aromatic rings. The van der Waals surface area contributed by atoms with Crippen molar-refractivity contribution in [1.82, 2.24) is 19.9 Å². The number of rotatable bonds is 4. The van der Waals surface area contributed by atoms with Crippen LogP contribution in [0, 0.1) is 0 Å². The Bertz CT molecular complexity index is 673. The summed E-state index contributed by atoms with van der Waals surface area (Å²) >= 11 is 5.80. The summed E-state index contributed by atoms with van der Waals surface area (Å²) in [6.45, 7) is 5.05. The Kier molecular flexibility index (Phi) is 5.22. The molecule has 1 aliphatic heterocycles.